The number of nitrogens with one attached hydrogen (secondary N) is 1. The molecule has 0 spiro atoms. The fraction of sp³-hybridized carbons (Fsp3) is 0.900. The number of ether oxygens (including phenoxy) is 1. The molecule has 1 aliphatic carbocycles. The van der Waals surface area contributed by atoms with Crippen LogP contribution in [0.3, 0.4) is 0 Å². The van der Waals surface area contributed by atoms with Crippen LogP contribution in [0.5, 0.6) is 0 Å². The third-order valence-electron chi connectivity index (χ3n) is 3.15. The molecule has 14 heavy (non-hydrogen) atoms. The molecule has 0 amide bonds. The van der Waals surface area contributed by atoms with Crippen molar-refractivity contribution in [3.63, 3.8) is 0 Å². The van der Waals surface area contributed by atoms with Gasteiger partial charge in [-0.1, -0.05) is 0 Å². The van der Waals surface area contributed by atoms with Crippen LogP contribution in [-0.4, -0.2) is 36.3 Å². The summed E-state index contributed by atoms with van der Waals surface area (Å²) >= 11 is 2.01. The van der Waals surface area contributed by atoms with E-state index in [1.807, 2.05) is 18.8 Å². The van der Waals surface area contributed by atoms with E-state index in [1.165, 1.54) is 0 Å². The third kappa shape index (κ3) is 1.90. The minimum Gasteiger partial charge on any atom is -0.379 e. The van der Waals surface area contributed by atoms with Gasteiger partial charge in [-0.05, 0) is 26.3 Å². The number of thioether (sulfide) groups is 1. The van der Waals surface area contributed by atoms with Gasteiger partial charge in [0, 0.05) is 5.25 Å². The Balaban J connectivity index is 1.84. The van der Waals surface area contributed by atoms with Gasteiger partial charge in [-0.25, -0.2) is 0 Å². The Labute approximate surface area is 89.2 Å². The maximum Gasteiger partial charge on any atom is 0.107 e. The predicted octanol–water partition coefficient (Wildman–Crippen LogP) is 1.15. The van der Waals surface area contributed by atoms with Crippen LogP contribution in [0.1, 0.15) is 19.3 Å². The number of nitrogens with zero attached hydrogens (tertiary/aromatic N) is 1. The number of hydrogen-bond donors (Lipinski definition) is 1. The molecule has 2 unspecified atom stereocenters. The molecule has 1 saturated carbocycles. The van der Waals surface area contributed by atoms with Crippen LogP contribution >= 0.6 is 11.8 Å². The predicted molar refractivity (Wildman–Crippen MR) is 57.2 cm³/mol. The molecule has 1 saturated heterocycles. The standard InChI is InChI=1S/C10H16N2OS/c1-12-10(7-11)3-2-8(4-10)14-9-5-13-6-9/h8-9,12H,2-6H2,1H3. The first-order chi connectivity index (χ1) is 6.78. The fourth-order valence-electron chi connectivity index (χ4n) is 2.07. The highest BCUT2D eigenvalue weighted by Crippen LogP contribution is 2.39. The van der Waals surface area contributed by atoms with E-state index < -0.39 is 0 Å². The van der Waals surface area contributed by atoms with Crippen molar-refractivity contribution in [3.8, 4) is 6.07 Å². The molecule has 0 aromatic heterocycles. The summed E-state index contributed by atoms with van der Waals surface area (Å²) in [4.78, 5) is 0. The number of nitriles is 1. The first-order valence-electron chi connectivity index (χ1n) is 5.11. The smallest absolute Gasteiger partial charge is 0.107 e. The van der Waals surface area contributed by atoms with E-state index >= 15 is 0 Å². The van der Waals surface area contributed by atoms with Gasteiger partial charge in [0.05, 0.1) is 24.5 Å². The van der Waals surface area contributed by atoms with E-state index in [0.29, 0.717) is 10.5 Å². The summed E-state index contributed by atoms with van der Waals surface area (Å²) in [5, 5.41) is 13.6. The lowest BCUT2D eigenvalue weighted by Crippen LogP contribution is -2.39. The van der Waals surface area contributed by atoms with Gasteiger partial charge in [-0.2, -0.15) is 17.0 Å². The van der Waals surface area contributed by atoms with E-state index in [9.17, 15) is 0 Å². The van der Waals surface area contributed by atoms with Crippen molar-refractivity contribution in [1.82, 2.24) is 5.32 Å². The van der Waals surface area contributed by atoms with Gasteiger partial charge in [-0.3, -0.25) is 0 Å². The van der Waals surface area contributed by atoms with Crippen molar-refractivity contribution in [2.24, 2.45) is 0 Å². The molecule has 1 N–H and O–H groups in total. The zero-order valence-electron chi connectivity index (χ0n) is 8.45. The molecule has 2 aliphatic rings. The lowest BCUT2D eigenvalue weighted by atomic mass is 10.0. The quantitative estimate of drug-likeness (QED) is 0.762. The van der Waals surface area contributed by atoms with E-state index in [2.05, 4.69) is 11.4 Å². The molecule has 1 heterocycles. The molecular formula is C10H16N2OS. The van der Waals surface area contributed by atoms with Crippen LogP contribution in [0.4, 0.5) is 0 Å². The van der Waals surface area contributed by atoms with Crippen LogP contribution in [0.25, 0.3) is 0 Å². The molecular weight excluding hydrogens is 196 g/mol. The van der Waals surface area contributed by atoms with Crippen molar-refractivity contribution in [2.75, 3.05) is 20.3 Å². The van der Waals surface area contributed by atoms with Gasteiger partial charge in [0.15, 0.2) is 0 Å². The van der Waals surface area contributed by atoms with E-state index in [-0.39, 0.29) is 5.54 Å². The molecule has 1 aliphatic heterocycles. The molecule has 4 heteroatoms. The minimum absolute atomic E-state index is 0.248. The number of hydrogen-bond acceptors (Lipinski definition) is 4. The van der Waals surface area contributed by atoms with Gasteiger partial charge < -0.3 is 10.1 Å². The van der Waals surface area contributed by atoms with Crippen molar-refractivity contribution < 1.29 is 4.74 Å². The lowest BCUT2D eigenvalue weighted by Gasteiger charge is -2.28. The molecule has 2 rings (SSSR count). The highest BCUT2D eigenvalue weighted by molar-refractivity contribution is 8.00. The summed E-state index contributed by atoms with van der Waals surface area (Å²) in [6.07, 6.45) is 3.14. The Hall–Kier alpha value is -0.240. The molecule has 0 bridgehead atoms. The second-order valence-electron chi connectivity index (χ2n) is 4.10. The van der Waals surface area contributed by atoms with Crippen molar-refractivity contribution in [3.05, 3.63) is 0 Å². The third-order valence-corrected chi connectivity index (χ3v) is 4.60. The monoisotopic (exact) mass is 212 g/mol. The SMILES string of the molecule is CNC1(C#N)CCC(SC2COC2)C1. The molecule has 0 aromatic carbocycles. The Bertz CT molecular complexity index is 249. The maximum atomic E-state index is 9.09. The second-order valence-corrected chi connectivity index (χ2v) is 5.71. The summed E-state index contributed by atoms with van der Waals surface area (Å²) in [7, 11) is 1.89. The largest absolute Gasteiger partial charge is 0.379 e. The first kappa shape index (κ1) is 10.3. The summed E-state index contributed by atoms with van der Waals surface area (Å²) < 4.78 is 5.15. The Kier molecular flexibility index (Phi) is 3.01. The van der Waals surface area contributed by atoms with Crippen molar-refractivity contribution in [2.45, 2.75) is 35.3 Å². The fourth-order valence-corrected chi connectivity index (χ4v) is 3.59. The van der Waals surface area contributed by atoms with Crippen LogP contribution in [0.2, 0.25) is 0 Å². The van der Waals surface area contributed by atoms with Crippen molar-refractivity contribution in [1.29, 1.82) is 5.26 Å². The topological polar surface area (TPSA) is 45.0 Å². The Morgan fingerprint density at radius 2 is 2.29 bits per heavy atom. The molecule has 2 fully saturated rings. The number of rotatable bonds is 3. The molecule has 0 aromatic rings. The maximum absolute atomic E-state index is 9.09. The Morgan fingerprint density at radius 3 is 2.71 bits per heavy atom. The van der Waals surface area contributed by atoms with Gasteiger partial charge >= 0.3 is 0 Å². The van der Waals surface area contributed by atoms with Gasteiger partial charge in [0.1, 0.15) is 5.54 Å². The summed E-state index contributed by atoms with van der Waals surface area (Å²) in [5.41, 5.74) is -0.248. The first-order valence-corrected chi connectivity index (χ1v) is 6.06. The Morgan fingerprint density at radius 1 is 1.50 bits per heavy atom. The van der Waals surface area contributed by atoms with Gasteiger partial charge in [0.2, 0.25) is 0 Å². The molecule has 78 valence electrons. The van der Waals surface area contributed by atoms with Crippen LogP contribution in [0.15, 0.2) is 0 Å². The summed E-state index contributed by atoms with van der Waals surface area (Å²) in [5.74, 6) is 0. The van der Waals surface area contributed by atoms with E-state index in [1.54, 1.807) is 0 Å². The summed E-state index contributed by atoms with van der Waals surface area (Å²) in [6, 6.07) is 2.41. The zero-order valence-corrected chi connectivity index (χ0v) is 9.27. The van der Waals surface area contributed by atoms with Gasteiger partial charge in [0.25, 0.3) is 0 Å². The highest BCUT2D eigenvalue weighted by atomic mass is 32.2. The minimum atomic E-state index is -0.248. The molecule has 3 nitrogen and oxygen atoms in total. The van der Waals surface area contributed by atoms with E-state index in [0.717, 1.165) is 32.5 Å². The average Bonchev–Trinajstić information content (AvgIpc) is 2.56. The molecule has 0 radical (unpaired) electrons. The van der Waals surface area contributed by atoms with Gasteiger partial charge in [-0.15, -0.1) is 0 Å². The average molecular weight is 212 g/mol. The molecule has 2 atom stereocenters. The zero-order chi connectivity index (χ0) is 10.0. The van der Waals surface area contributed by atoms with Crippen LogP contribution in [0, 0.1) is 11.3 Å². The van der Waals surface area contributed by atoms with Crippen molar-refractivity contribution >= 4 is 11.8 Å². The van der Waals surface area contributed by atoms with E-state index in [4.69, 9.17) is 10.00 Å². The second kappa shape index (κ2) is 4.09. The lowest BCUT2D eigenvalue weighted by molar-refractivity contribution is 0.0453. The van der Waals surface area contributed by atoms with Crippen LogP contribution < -0.4 is 5.32 Å². The highest BCUT2D eigenvalue weighted by Gasteiger charge is 2.39. The van der Waals surface area contributed by atoms with Crippen LogP contribution in [-0.2, 0) is 4.74 Å². The normalized spacial score (nSPS) is 37.9. The summed E-state index contributed by atoms with van der Waals surface area (Å²) in [6.45, 7) is 1.81.